The summed E-state index contributed by atoms with van der Waals surface area (Å²) in [5, 5.41) is 0. The minimum Gasteiger partial charge on any atom is -1.00 e. The Kier molecular flexibility index (Phi) is 15.3. The van der Waals surface area contributed by atoms with E-state index in [1.807, 2.05) is 30.7 Å². The van der Waals surface area contributed by atoms with E-state index in [9.17, 15) is 0 Å². The fraction of sp³-hybridized carbons (Fsp3) is 0. The maximum Gasteiger partial charge on any atom is 2.00 e. The Balaban J connectivity index is -0.000000163. The Hall–Kier alpha value is 0.203. The van der Waals surface area contributed by atoms with Gasteiger partial charge < -0.3 is 24.8 Å². The van der Waals surface area contributed by atoms with Crippen molar-refractivity contribution in [3.8, 4) is 0 Å². The van der Waals surface area contributed by atoms with Gasteiger partial charge in [0, 0.05) is 0 Å². The smallest absolute Gasteiger partial charge is 1.00 e. The van der Waals surface area contributed by atoms with Gasteiger partial charge in [0.1, 0.15) is 0 Å². The van der Waals surface area contributed by atoms with Gasteiger partial charge in [-0.05, 0) is 5.57 Å². The van der Waals surface area contributed by atoms with Crippen LogP contribution < -0.4 is 24.8 Å². The van der Waals surface area contributed by atoms with Gasteiger partial charge in [-0.1, -0.05) is 6.58 Å². The molecule has 0 atom stereocenters. The predicted molar refractivity (Wildman–Crippen MR) is 30.4 cm³/mol. The van der Waals surface area contributed by atoms with E-state index in [-0.39, 0.29) is 44.3 Å². The maximum atomic E-state index is 5.36. The summed E-state index contributed by atoms with van der Waals surface area (Å²) in [6, 6.07) is 0. The molecule has 1 aliphatic carbocycles. The van der Waals surface area contributed by atoms with Crippen LogP contribution in [0.1, 0.15) is 0 Å². The summed E-state index contributed by atoms with van der Waals surface area (Å²) in [6.45, 7) is 5.36. The first-order valence-corrected chi connectivity index (χ1v) is 2.20. The molecule has 0 aromatic heterocycles. The topological polar surface area (TPSA) is 0 Å². The molecule has 56 valence electrons. The molecule has 0 N–H and O–H groups in total. The Morgan fingerprint density at radius 3 is 1.70 bits per heavy atom. The summed E-state index contributed by atoms with van der Waals surface area (Å²) in [6.07, 6.45) is 9.49. The molecule has 0 unspecified atom stereocenters. The minimum absolute atomic E-state index is 0. The SMILES string of the molecule is [CH+]=C1C=C[CH-]C=C1.[Cl-].[Cl-].[Ru+2]. The van der Waals surface area contributed by atoms with Crippen molar-refractivity contribution in [2.75, 3.05) is 0 Å². The van der Waals surface area contributed by atoms with Gasteiger partial charge in [0.05, 0.1) is 0 Å². The van der Waals surface area contributed by atoms with Crippen molar-refractivity contribution >= 4 is 0 Å². The maximum absolute atomic E-state index is 5.36. The summed E-state index contributed by atoms with van der Waals surface area (Å²) in [5.41, 5.74) is 0.822. The van der Waals surface area contributed by atoms with E-state index >= 15 is 0 Å². The molecule has 0 saturated heterocycles. The second-order valence-electron chi connectivity index (χ2n) is 1.41. The van der Waals surface area contributed by atoms with Gasteiger partial charge in [0.2, 0.25) is 0 Å². The molecular weight excluding hydrogens is 256 g/mol. The fourth-order valence-electron chi connectivity index (χ4n) is 0.453. The average Bonchev–Trinajstić information content (AvgIpc) is 1.69. The van der Waals surface area contributed by atoms with Gasteiger partial charge >= 0.3 is 19.5 Å². The zero-order chi connectivity index (χ0) is 5.11. The fourth-order valence-corrected chi connectivity index (χ4v) is 0.453. The van der Waals surface area contributed by atoms with Crippen LogP contribution in [0.2, 0.25) is 0 Å². The average molecular weight is 262 g/mol. The molecule has 0 aromatic carbocycles. The van der Waals surface area contributed by atoms with Crippen LogP contribution in [0.5, 0.6) is 0 Å². The van der Waals surface area contributed by atoms with Gasteiger partial charge in [-0.2, -0.15) is 18.6 Å². The van der Waals surface area contributed by atoms with Crippen LogP contribution in [0, 0.1) is 13.0 Å². The molecule has 10 heavy (non-hydrogen) atoms. The molecule has 0 amide bonds. The summed E-state index contributed by atoms with van der Waals surface area (Å²) >= 11 is 0. The van der Waals surface area contributed by atoms with Gasteiger partial charge in [-0.15, -0.1) is 12.2 Å². The summed E-state index contributed by atoms with van der Waals surface area (Å²) in [4.78, 5) is 0. The normalized spacial score (nSPS) is 11.7. The molecular formula is C7H6Cl2Ru. The van der Waals surface area contributed by atoms with E-state index in [2.05, 4.69) is 0 Å². The van der Waals surface area contributed by atoms with Crippen LogP contribution in [0.4, 0.5) is 0 Å². The van der Waals surface area contributed by atoms with Crippen LogP contribution in [-0.4, -0.2) is 0 Å². The second-order valence-corrected chi connectivity index (χ2v) is 1.41. The molecule has 1 aliphatic rings. The number of hydrogen-bond donors (Lipinski definition) is 0. The van der Waals surface area contributed by atoms with E-state index in [1.54, 1.807) is 0 Å². The van der Waals surface area contributed by atoms with E-state index in [0.29, 0.717) is 0 Å². The molecule has 1 rings (SSSR count). The second kappa shape index (κ2) is 9.20. The van der Waals surface area contributed by atoms with Crippen molar-refractivity contribution in [3.63, 3.8) is 0 Å². The molecule has 3 heteroatoms. The Morgan fingerprint density at radius 2 is 1.50 bits per heavy atom. The number of hydrogen-bond acceptors (Lipinski definition) is 0. The largest absolute Gasteiger partial charge is 2.00 e. The van der Waals surface area contributed by atoms with Crippen LogP contribution in [0.25, 0.3) is 0 Å². The van der Waals surface area contributed by atoms with Crippen molar-refractivity contribution in [2.45, 2.75) is 0 Å². The van der Waals surface area contributed by atoms with Crippen molar-refractivity contribution < 1.29 is 44.3 Å². The van der Waals surface area contributed by atoms with Gasteiger partial charge in [0.15, 0.2) is 0 Å². The number of halogens is 2. The Labute approximate surface area is 87.0 Å². The summed E-state index contributed by atoms with van der Waals surface area (Å²) in [5.74, 6) is 0. The van der Waals surface area contributed by atoms with E-state index in [4.69, 9.17) is 6.58 Å². The van der Waals surface area contributed by atoms with Gasteiger partial charge in [0.25, 0.3) is 0 Å². The number of allylic oxidation sites excluding steroid dienone is 5. The third-order valence-electron chi connectivity index (χ3n) is 0.800. The third kappa shape index (κ3) is 6.33. The number of rotatable bonds is 0. The zero-order valence-corrected chi connectivity index (χ0v) is 8.32. The van der Waals surface area contributed by atoms with Crippen LogP contribution in [0.15, 0.2) is 29.9 Å². The van der Waals surface area contributed by atoms with Gasteiger partial charge in [-0.3, -0.25) is 0 Å². The van der Waals surface area contributed by atoms with Crippen LogP contribution in [-0.2, 0) is 19.5 Å². The van der Waals surface area contributed by atoms with Crippen molar-refractivity contribution in [1.29, 1.82) is 0 Å². The quantitative estimate of drug-likeness (QED) is 0.306. The first kappa shape index (κ1) is 16.7. The first-order valence-electron chi connectivity index (χ1n) is 2.20. The van der Waals surface area contributed by atoms with Crippen LogP contribution in [0.3, 0.4) is 0 Å². The molecule has 0 bridgehead atoms. The summed E-state index contributed by atoms with van der Waals surface area (Å²) < 4.78 is 0. The zero-order valence-electron chi connectivity index (χ0n) is 5.07. The summed E-state index contributed by atoms with van der Waals surface area (Å²) in [7, 11) is 0. The molecule has 0 heterocycles. The Morgan fingerprint density at radius 1 is 1.10 bits per heavy atom. The molecule has 0 fully saturated rings. The molecule has 0 spiro atoms. The molecule has 0 aliphatic heterocycles. The Bertz CT molecular complexity index is 125. The van der Waals surface area contributed by atoms with Crippen molar-refractivity contribution in [1.82, 2.24) is 0 Å². The molecule has 0 saturated carbocycles. The van der Waals surface area contributed by atoms with Crippen LogP contribution >= 0.6 is 0 Å². The van der Waals surface area contributed by atoms with Crippen molar-refractivity contribution in [3.05, 3.63) is 42.9 Å². The van der Waals surface area contributed by atoms with E-state index < -0.39 is 0 Å². The monoisotopic (exact) mass is 262 g/mol. The minimum atomic E-state index is 0. The molecule has 0 nitrogen and oxygen atoms in total. The van der Waals surface area contributed by atoms with Crippen molar-refractivity contribution in [2.24, 2.45) is 0 Å². The van der Waals surface area contributed by atoms with E-state index in [0.717, 1.165) is 5.57 Å². The standard InChI is InChI=1S/C7H6.2ClH.Ru/c1-7-5-3-2-4-6-7;;;/h1-6H;2*1H;/q;;;+2/p-2. The van der Waals surface area contributed by atoms with E-state index in [1.165, 1.54) is 0 Å². The molecule has 0 radical (unpaired) electrons. The van der Waals surface area contributed by atoms with Gasteiger partial charge in [-0.25, -0.2) is 0 Å². The predicted octanol–water partition coefficient (Wildman–Crippen LogP) is -4.32. The first-order chi connectivity index (χ1) is 3.39. The molecule has 0 aromatic rings. The third-order valence-corrected chi connectivity index (χ3v) is 0.800.